The number of carbonyl (C=O) groups excluding carboxylic acids is 1. The fourth-order valence-electron chi connectivity index (χ4n) is 1.96. The highest BCUT2D eigenvalue weighted by molar-refractivity contribution is 7.13. The fraction of sp³-hybridized carbons (Fsp3) is 0.188. The molecule has 0 aliphatic carbocycles. The summed E-state index contributed by atoms with van der Waals surface area (Å²) in [7, 11) is 0. The summed E-state index contributed by atoms with van der Waals surface area (Å²) >= 11 is 1.55. The van der Waals surface area contributed by atoms with E-state index in [1.165, 1.54) is 0 Å². The minimum absolute atomic E-state index is 0.0104. The van der Waals surface area contributed by atoms with Crippen LogP contribution >= 0.6 is 11.3 Å². The summed E-state index contributed by atoms with van der Waals surface area (Å²) in [6.45, 7) is 0.419. The van der Waals surface area contributed by atoms with Crippen LogP contribution in [0.2, 0.25) is 0 Å². The first-order chi connectivity index (χ1) is 10.8. The number of nitrogens with zero attached hydrogens (tertiary/aromatic N) is 2. The first kappa shape index (κ1) is 14.5. The van der Waals surface area contributed by atoms with E-state index in [0.717, 1.165) is 22.2 Å². The molecule has 0 radical (unpaired) electrons. The molecule has 0 bridgehead atoms. The maximum atomic E-state index is 11.8. The number of hydrogen-bond donors (Lipinski definition) is 1. The monoisotopic (exact) mass is 313 g/mol. The molecule has 0 aliphatic rings. The van der Waals surface area contributed by atoms with Crippen molar-refractivity contribution >= 4 is 17.2 Å². The Morgan fingerprint density at radius 2 is 2.23 bits per heavy atom. The molecule has 3 heterocycles. The van der Waals surface area contributed by atoms with Gasteiger partial charge in [-0.2, -0.15) is 0 Å². The van der Waals surface area contributed by atoms with Gasteiger partial charge in [-0.05, 0) is 30.7 Å². The number of rotatable bonds is 6. The molecule has 0 saturated carbocycles. The van der Waals surface area contributed by atoms with E-state index in [9.17, 15) is 4.79 Å². The van der Waals surface area contributed by atoms with Crippen LogP contribution < -0.4 is 5.32 Å². The largest absolute Gasteiger partial charge is 0.467 e. The molecule has 0 aliphatic heterocycles. The molecular weight excluding hydrogens is 298 g/mol. The Morgan fingerprint density at radius 1 is 1.27 bits per heavy atom. The summed E-state index contributed by atoms with van der Waals surface area (Å²) < 4.78 is 5.17. The third-order valence-corrected chi connectivity index (χ3v) is 4.00. The molecule has 112 valence electrons. The van der Waals surface area contributed by atoms with Gasteiger partial charge in [0.15, 0.2) is 0 Å². The first-order valence-electron chi connectivity index (χ1n) is 6.96. The lowest BCUT2D eigenvalue weighted by atomic mass is 10.2. The number of nitrogens with one attached hydrogen (secondary N) is 1. The molecule has 22 heavy (non-hydrogen) atoms. The number of aromatic nitrogens is 2. The number of furan rings is 1. The van der Waals surface area contributed by atoms with Crippen LogP contribution in [0.5, 0.6) is 0 Å². The summed E-state index contributed by atoms with van der Waals surface area (Å²) in [5.41, 5.74) is 1.78. The van der Waals surface area contributed by atoms with E-state index < -0.39 is 0 Å². The maximum absolute atomic E-state index is 11.8. The smallest absolute Gasteiger partial charge is 0.220 e. The van der Waals surface area contributed by atoms with Gasteiger partial charge in [-0.15, -0.1) is 11.3 Å². The number of hydrogen-bond acceptors (Lipinski definition) is 5. The molecule has 6 heteroatoms. The van der Waals surface area contributed by atoms with Gasteiger partial charge in [-0.3, -0.25) is 9.78 Å². The Morgan fingerprint density at radius 3 is 3.00 bits per heavy atom. The second kappa shape index (κ2) is 7.00. The second-order valence-corrected chi connectivity index (χ2v) is 5.57. The SMILES string of the molecule is O=C(CCc1csc(-c2ccccn2)n1)NCc1ccco1. The molecule has 5 nitrogen and oxygen atoms in total. The molecule has 1 amide bonds. The number of thiazole rings is 1. The summed E-state index contributed by atoms with van der Waals surface area (Å²) in [6, 6.07) is 9.38. The average Bonchev–Trinajstić information content (AvgIpc) is 3.23. The third-order valence-electron chi connectivity index (χ3n) is 3.08. The molecular formula is C16H15N3O2S. The van der Waals surface area contributed by atoms with Gasteiger partial charge in [-0.25, -0.2) is 4.98 Å². The van der Waals surface area contributed by atoms with Crippen LogP contribution in [-0.2, 0) is 17.8 Å². The molecule has 0 aromatic carbocycles. The van der Waals surface area contributed by atoms with Crippen LogP contribution in [0.4, 0.5) is 0 Å². The van der Waals surface area contributed by atoms with Gasteiger partial charge in [-0.1, -0.05) is 6.07 Å². The molecule has 0 fully saturated rings. The van der Waals surface area contributed by atoms with Crippen LogP contribution in [-0.4, -0.2) is 15.9 Å². The summed E-state index contributed by atoms with van der Waals surface area (Å²) in [4.78, 5) is 20.6. The summed E-state index contributed by atoms with van der Waals surface area (Å²) in [5.74, 6) is 0.739. The van der Waals surface area contributed by atoms with E-state index in [1.807, 2.05) is 29.6 Å². The van der Waals surface area contributed by atoms with E-state index in [-0.39, 0.29) is 5.91 Å². The maximum Gasteiger partial charge on any atom is 0.220 e. The van der Waals surface area contributed by atoms with Crippen molar-refractivity contribution in [3.63, 3.8) is 0 Å². The molecule has 0 unspecified atom stereocenters. The zero-order valence-electron chi connectivity index (χ0n) is 11.9. The number of amides is 1. The topological polar surface area (TPSA) is 68.0 Å². The highest BCUT2D eigenvalue weighted by Crippen LogP contribution is 2.21. The minimum atomic E-state index is -0.0104. The van der Waals surface area contributed by atoms with Crippen LogP contribution in [0.1, 0.15) is 17.9 Å². The van der Waals surface area contributed by atoms with Gasteiger partial charge in [0.2, 0.25) is 5.91 Å². The predicted molar refractivity (Wildman–Crippen MR) is 84.2 cm³/mol. The Balaban J connectivity index is 1.49. The van der Waals surface area contributed by atoms with Crippen LogP contribution in [0, 0.1) is 0 Å². The lowest BCUT2D eigenvalue weighted by Gasteiger charge is -2.01. The first-order valence-corrected chi connectivity index (χ1v) is 7.84. The highest BCUT2D eigenvalue weighted by Gasteiger charge is 2.08. The lowest BCUT2D eigenvalue weighted by molar-refractivity contribution is -0.121. The molecule has 3 aromatic heterocycles. The van der Waals surface area contributed by atoms with Crippen molar-refractivity contribution < 1.29 is 9.21 Å². The Hall–Kier alpha value is -2.47. The Bertz CT molecular complexity index is 723. The molecule has 3 aromatic rings. The van der Waals surface area contributed by atoms with Crippen molar-refractivity contribution in [2.45, 2.75) is 19.4 Å². The van der Waals surface area contributed by atoms with E-state index in [2.05, 4.69) is 15.3 Å². The third kappa shape index (κ3) is 3.79. The number of pyridine rings is 1. The van der Waals surface area contributed by atoms with Gasteiger partial charge in [0.1, 0.15) is 10.8 Å². The predicted octanol–water partition coefficient (Wildman–Crippen LogP) is 3.05. The van der Waals surface area contributed by atoms with Crippen LogP contribution in [0.15, 0.2) is 52.6 Å². The van der Waals surface area contributed by atoms with Crippen molar-refractivity contribution in [2.75, 3.05) is 0 Å². The van der Waals surface area contributed by atoms with E-state index in [1.54, 1.807) is 29.9 Å². The van der Waals surface area contributed by atoms with Gasteiger partial charge < -0.3 is 9.73 Å². The molecule has 1 N–H and O–H groups in total. The standard InChI is InChI=1S/C16H15N3O2S/c20-15(18-10-13-4-3-9-21-13)7-6-12-11-22-16(19-12)14-5-1-2-8-17-14/h1-5,8-9,11H,6-7,10H2,(H,18,20). The highest BCUT2D eigenvalue weighted by atomic mass is 32.1. The molecule has 0 spiro atoms. The van der Waals surface area contributed by atoms with Crippen molar-refractivity contribution in [1.29, 1.82) is 0 Å². The minimum Gasteiger partial charge on any atom is -0.467 e. The Labute approximate surface area is 132 Å². The van der Waals surface area contributed by atoms with Crippen molar-refractivity contribution in [3.8, 4) is 10.7 Å². The normalized spacial score (nSPS) is 10.5. The van der Waals surface area contributed by atoms with Crippen LogP contribution in [0.3, 0.4) is 0 Å². The van der Waals surface area contributed by atoms with Gasteiger partial charge >= 0.3 is 0 Å². The molecule has 0 atom stereocenters. The van der Waals surface area contributed by atoms with E-state index in [4.69, 9.17) is 4.42 Å². The fourth-order valence-corrected chi connectivity index (χ4v) is 2.79. The van der Waals surface area contributed by atoms with Crippen molar-refractivity contribution in [2.24, 2.45) is 0 Å². The zero-order chi connectivity index (χ0) is 15.2. The zero-order valence-corrected chi connectivity index (χ0v) is 12.7. The average molecular weight is 313 g/mol. The lowest BCUT2D eigenvalue weighted by Crippen LogP contribution is -2.22. The Kier molecular flexibility index (Phi) is 4.60. The van der Waals surface area contributed by atoms with Crippen molar-refractivity contribution in [1.82, 2.24) is 15.3 Å². The van der Waals surface area contributed by atoms with Gasteiger partial charge in [0, 0.05) is 18.0 Å². The molecule has 3 rings (SSSR count). The number of aryl methyl sites for hydroxylation is 1. The van der Waals surface area contributed by atoms with Crippen LogP contribution in [0.25, 0.3) is 10.7 Å². The quantitative estimate of drug-likeness (QED) is 0.759. The van der Waals surface area contributed by atoms with Gasteiger partial charge in [0.05, 0.1) is 24.2 Å². The van der Waals surface area contributed by atoms with E-state index >= 15 is 0 Å². The van der Waals surface area contributed by atoms with Gasteiger partial charge in [0.25, 0.3) is 0 Å². The van der Waals surface area contributed by atoms with Crippen molar-refractivity contribution in [3.05, 3.63) is 59.6 Å². The summed E-state index contributed by atoms with van der Waals surface area (Å²) in [5, 5.41) is 5.68. The second-order valence-electron chi connectivity index (χ2n) is 4.72. The molecule has 0 saturated heterocycles. The number of carbonyl (C=O) groups is 1. The van der Waals surface area contributed by atoms with E-state index in [0.29, 0.717) is 19.4 Å². The summed E-state index contributed by atoms with van der Waals surface area (Å²) in [6.07, 6.45) is 4.37.